The Morgan fingerprint density at radius 1 is 0.720 bits per heavy atom. The van der Waals surface area contributed by atoms with Crippen LogP contribution in [0, 0.1) is 0 Å². The third kappa shape index (κ3) is 2.94. The molecule has 1 aliphatic rings. The van der Waals surface area contributed by atoms with E-state index in [0.29, 0.717) is 0 Å². The number of nitrogens with zero attached hydrogens (tertiary/aromatic N) is 3. The Hall–Kier alpha value is -2.59. The van der Waals surface area contributed by atoms with Crippen molar-refractivity contribution in [2.45, 2.75) is 19.6 Å². The van der Waals surface area contributed by atoms with Gasteiger partial charge in [0, 0.05) is 16.7 Å². The van der Waals surface area contributed by atoms with Crippen LogP contribution in [0.2, 0.25) is 19.6 Å². The maximum absolute atomic E-state index is 5.10. The molecule has 3 aromatic rings. The van der Waals surface area contributed by atoms with E-state index in [1.54, 1.807) is 0 Å². The van der Waals surface area contributed by atoms with E-state index >= 15 is 0 Å². The van der Waals surface area contributed by atoms with E-state index in [4.69, 9.17) is 4.98 Å². The number of para-hydroxylation sites is 2. The van der Waals surface area contributed by atoms with Crippen LogP contribution in [0.25, 0.3) is 0 Å². The van der Waals surface area contributed by atoms with Gasteiger partial charge in [-0.05, 0) is 36.4 Å². The standard InChI is InChI=1S/C21H23N3Si/c1-25(2,3)20-15-14-19-21(22-20)24(18-12-8-5-9-13-18)16-23(19)17-10-6-4-7-11-17/h4-15H,16H2,1-3H3. The van der Waals surface area contributed by atoms with Crippen molar-refractivity contribution in [3.8, 4) is 0 Å². The SMILES string of the molecule is C[Si](C)(C)c1ccc2c(n1)N(c1ccccc1)CN2c1ccccc1. The van der Waals surface area contributed by atoms with Crippen molar-refractivity contribution < 1.29 is 0 Å². The van der Waals surface area contributed by atoms with Gasteiger partial charge in [0.15, 0.2) is 5.82 Å². The molecule has 0 saturated heterocycles. The van der Waals surface area contributed by atoms with E-state index in [1.807, 2.05) is 0 Å². The van der Waals surface area contributed by atoms with Gasteiger partial charge >= 0.3 is 0 Å². The van der Waals surface area contributed by atoms with Gasteiger partial charge in [-0.25, -0.2) is 4.98 Å². The zero-order chi connectivity index (χ0) is 17.4. The van der Waals surface area contributed by atoms with Crippen LogP contribution in [0.3, 0.4) is 0 Å². The number of anilines is 4. The molecule has 0 N–H and O–H groups in total. The largest absolute Gasteiger partial charge is 0.320 e. The normalized spacial score (nSPS) is 13.9. The molecule has 25 heavy (non-hydrogen) atoms. The van der Waals surface area contributed by atoms with Gasteiger partial charge in [0.1, 0.15) is 14.7 Å². The first-order valence-corrected chi connectivity index (χ1v) is 12.2. The smallest absolute Gasteiger partial charge is 0.158 e. The Bertz CT molecular complexity index is 873. The van der Waals surface area contributed by atoms with Gasteiger partial charge in [-0.15, -0.1) is 0 Å². The van der Waals surface area contributed by atoms with Gasteiger partial charge in [-0.1, -0.05) is 56.0 Å². The van der Waals surface area contributed by atoms with Crippen molar-refractivity contribution in [2.24, 2.45) is 0 Å². The predicted octanol–water partition coefficient (Wildman–Crippen LogP) is 4.87. The second-order valence-corrected chi connectivity index (χ2v) is 12.5. The monoisotopic (exact) mass is 345 g/mol. The number of rotatable bonds is 3. The van der Waals surface area contributed by atoms with Crippen molar-refractivity contribution in [3.63, 3.8) is 0 Å². The minimum atomic E-state index is -1.46. The molecule has 126 valence electrons. The van der Waals surface area contributed by atoms with Crippen LogP contribution >= 0.6 is 0 Å². The lowest BCUT2D eigenvalue weighted by Gasteiger charge is -2.21. The molecule has 4 rings (SSSR count). The summed E-state index contributed by atoms with van der Waals surface area (Å²) in [5.41, 5.74) is 3.56. The molecule has 3 nitrogen and oxygen atoms in total. The summed E-state index contributed by atoms with van der Waals surface area (Å²) in [7, 11) is -1.46. The van der Waals surface area contributed by atoms with Crippen LogP contribution in [0.5, 0.6) is 0 Å². The molecule has 0 amide bonds. The highest BCUT2D eigenvalue weighted by Gasteiger charge is 2.31. The van der Waals surface area contributed by atoms with Crippen LogP contribution in [-0.2, 0) is 0 Å². The van der Waals surface area contributed by atoms with Crippen LogP contribution in [-0.4, -0.2) is 19.7 Å². The molecular formula is C21H23N3Si. The Morgan fingerprint density at radius 2 is 1.28 bits per heavy atom. The third-order valence-corrected chi connectivity index (χ3v) is 6.40. The molecule has 0 radical (unpaired) electrons. The van der Waals surface area contributed by atoms with Crippen LogP contribution in [0.15, 0.2) is 72.8 Å². The fraction of sp³-hybridized carbons (Fsp3) is 0.190. The Morgan fingerprint density at radius 3 is 1.84 bits per heavy atom. The van der Waals surface area contributed by atoms with Gasteiger partial charge in [0.05, 0.1) is 5.69 Å². The highest BCUT2D eigenvalue weighted by atomic mass is 28.3. The molecule has 0 aliphatic carbocycles. The zero-order valence-corrected chi connectivity index (χ0v) is 16.0. The van der Waals surface area contributed by atoms with Gasteiger partial charge in [0.25, 0.3) is 0 Å². The number of benzene rings is 2. The maximum atomic E-state index is 5.10. The summed E-state index contributed by atoms with van der Waals surface area (Å²) in [6, 6.07) is 25.5. The third-order valence-electron chi connectivity index (χ3n) is 4.59. The molecule has 0 fully saturated rings. The summed E-state index contributed by atoms with van der Waals surface area (Å²) in [5.74, 6) is 1.06. The molecule has 0 unspecified atom stereocenters. The minimum absolute atomic E-state index is 0.783. The Balaban J connectivity index is 1.85. The molecule has 1 aliphatic heterocycles. The lowest BCUT2D eigenvalue weighted by atomic mass is 10.2. The minimum Gasteiger partial charge on any atom is -0.320 e. The van der Waals surface area contributed by atoms with Gasteiger partial charge in [-0.3, -0.25) is 0 Å². The Labute approximate surface area is 150 Å². The molecule has 0 saturated carbocycles. The predicted molar refractivity (Wildman–Crippen MR) is 109 cm³/mol. The zero-order valence-electron chi connectivity index (χ0n) is 15.0. The van der Waals surface area contributed by atoms with Gasteiger partial charge < -0.3 is 9.80 Å². The van der Waals surface area contributed by atoms with Crippen LogP contribution in [0.1, 0.15) is 0 Å². The van der Waals surface area contributed by atoms with E-state index in [1.165, 1.54) is 22.4 Å². The summed E-state index contributed by atoms with van der Waals surface area (Å²) in [6.07, 6.45) is 0. The average molecular weight is 346 g/mol. The summed E-state index contributed by atoms with van der Waals surface area (Å²) in [5, 5.41) is 1.25. The van der Waals surface area contributed by atoms with Crippen molar-refractivity contribution in [1.29, 1.82) is 0 Å². The number of hydrogen-bond donors (Lipinski definition) is 0. The topological polar surface area (TPSA) is 19.4 Å². The molecule has 0 bridgehead atoms. The molecule has 2 heterocycles. The number of pyridine rings is 1. The molecule has 4 heteroatoms. The number of aromatic nitrogens is 1. The quantitative estimate of drug-likeness (QED) is 0.631. The first kappa shape index (κ1) is 15.9. The van der Waals surface area contributed by atoms with E-state index < -0.39 is 8.07 Å². The first-order chi connectivity index (χ1) is 12.0. The Kier molecular flexibility index (Phi) is 3.85. The van der Waals surface area contributed by atoms with E-state index in [0.717, 1.165) is 12.5 Å². The average Bonchev–Trinajstić information content (AvgIpc) is 3.01. The van der Waals surface area contributed by atoms with Crippen LogP contribution < -0.4 is 15.1 Å². The molecule has 2 aromatic carbocycles. The summed E-state index contributed by atoms with van der Waals surface area (Å²) < 4.78 is 0. The summed E-state index contributed by atoms with van der Waals surface area (Å²) in [6.45, 7) is 7.82. The fourth-order valence-electron chi connectivity index (χ4n) is 3.19. The second-order valence-electron chi connectivity index (χ2n) is 7.46. The van der Waals surface area contributed by atoms with E-state index in [9.17, 15) is 0 Å². The number of fused-ring (bicyclic) bond motifs is 1. The van der Waals surface area contributed by atoms with Crippen molar-refractivity contribution in [2.75, 3.05) is 16.5 Å². The molecule has 1 aromatic heterocycles. The molecule has 0 spiro atoms. The maximum Gasteiger partial charge on any atom is 0.158 e. The van der Waals surface area contributed by atoms with Crippen LogP contribution in [0.4, 0.5) is 22.9 Å². The lowest BCUT2D eigenvalue weighted by Crippen LogP contribution is -2.40. The van der Waals surface area contributed by atoms with Crippen molar-refractivity contribution >= 4 is 36.3 Å². The van der Waals surface area contributed by atoms with E-state index in [-0.39, 0.29) is 0 Å². The highest BCUT2D eigenvalue weighted by molar-refractivity contribution is 6.88. The van der Waals surface area contributed by atoms with Crippen molar-refractivity contribution in [1.82, 2.24) is 4.98 Å². The summed E-state index contributed by atoms with van der Waals surface area (Å²) >= 11 is 0. The highest BCUT2D eigenvalue weighted by Crippen LogP contribution is 2.42. The second kappa shape index (κ2) is 6.04. The fourth-order valence-corrected chi connectivity index (χ4v) is 4.22. The first-order valence-electron chi connectivity index (χ1n) is 8.71. The molecule has 0 atom stereocenters. The summed E-state index contributed by atoms with van der Waals surface area (Å²) in [4.78, 5) is 9.75. The van der Waals surface area contributed by atoms with Crippen molar-refractivity contribution in [3.05, 3.63) is 72.8 Å². The lowest BCUT2D eigenvalue weighted by molar-refractivity contribution is 0.982. The molecular weight excluding hydrogens is 322 g/mol. The van der Waals surface area contributed by atoms with E-state index in [2.05, 4.69) is 102 Å². The number of hydrogen-bond acceptors (Lipinski definition) is 3. The van der Waals surface area contributed by atoms with Gasteiger partial charge in [-0.2, -0.15) is 0 Å². The van der Waals surface area contributed by atoms with Gasteiger partial charge in [0.2, 0.25) is 0 Å².